The number of ether oxygens (including phenoxy) is 1. The highest BCUT2D eigenvalue weighted by atomic mass is 32.2. The van der Waals surface area contributed by atoms with E-state index in [9.17, 15) is 8.42 Å². The van der Waals surface area contributed by atoms with Crippen LogP contribution in [0.5, 0.6) is 5.75 Å². The molecular weight excluding hydrogens is 336 g/mol. The summed E-state index contributed by atoms with van der Waals surface area (Å²) in [7, 11) is -1.58. The van der Waals surface area contributed by atoms with Crippen LogP contribution in [0.15, 0.2) is 47.5 Å². The van der Waals surface area contributed by atoms with Crippen molar-refractivity contribution in [3.63, 3.8) is 0 Å². The van der Waals surface area contributed by atoms with Crippen molar-refractivity contribution in [1.29, 1.82) is 0 Å². The number of benzene rings is 1. The van der Waals surface area contributed by atoms with Crippen molar-refractivity contribution in [2.75, 3.05) is 6.61 Å². The van der Waals surface area contributed by atoms with Gasteiger partial charge < -0.3 is 9.30 Å². The molecule has 0 radical (unpaired) electrons. The van der Waals surface area contributed by atoms with Crippen LogP contribution in [0.2, 0.25) is 0 Å². The number of hydrogen-bond donors (Lipinski definition) is 0. The summed E-state index contributed by atoms with van der Waals surface area (Å²) >= 11 is 0. The van der Waals surface area contributed by atoms with Gasteiger partial charge in [0.25, 0.3) is 0 Å². The Labute approximate surface area is 150 Å². The molecule has 6 heteroatoms. The van der Waals surface area contributed by atoms with Gasteiger partial charge in [-0.1, -0.05) is 13.8 Å². The van der Waals surface area contributed by atoms with Crippen LogP contribution in [0.4, 0.5) is 0 Å². The van der Waals surface area contributed by atoms with Gasteiger partial charge >= 0.3 is 0 Å². The van der Waals surface area contributed by atoms with Crippen LogP contribution in [-0.4, -0.2) is 29.9 Å². The molecule has 25 heavy (non-hydrogen) atoms. The molecule has 0 bridgehead atoms. The van der Waals surface area contributed by atoms with E-state index in [1.807, 2.05) is 29.9 Å². The van der Waals surface area contributed by atoms with Gasteiger partial charge in [0.1, 0.15) is 5.75 Å². The quantitative estimate of drug-likeness (QED) is 0.723. The highest BCUT2D eigenvalue weighted by Crippen LogP contribution is 2.34. The van der Waals surface area contributed by atoms with Crippen molar-refractivity contribution in [2.24, 2.45) is 13.0 Å². The lowest BCUT2D eigenvalue weighted by atomic mass is 10.2. The van der Waals surface area contributed by atoms with Gasteiger partial charge in [0.15, 0.2) is 0 Å². The molecule has 0 spiro atoms. The van der Waals surface area contributed by atoms with Gasteiger partial charge in [-0.25, -0.2) is 8.42 Å². The molecule has 1 heterocycles. The number of aromatic nitrogens is 1. The molecule has 1 aliphatic carbocycles. The fourth-order valence-corrected chi connectivity index (χ4v) is 4.36. The summed E-state index contributed by atoms with van der Waals surface area (Å²) in [6.07, 6.45) is 3.80. The zero-order valence-electron chi connectivity index (χ0n) is 15.1. The van der Waals surface area contributed by atoms with Gasteiger partial charge in [-0.05, 0) is 55.2 Å². The van der Waals surface area contributed by atoms with Crippen LogP contribution in [0.1, 0.15) is 32.4 Å². The lowest BCUT2D eigenvalue weighted by molar-refractivity contribution is 0.271. The molecule has 0 N–H and O–H groups in total. The van der Waals surface area contributed by atoms with E-state index in [2.05, 4.69) is 13.8 Å². The standard InChI is InChI=1S/C19H26N2O3S/c1-15(2)14-24-18-8-10-19(11-9-18)25(22,23)21(16-6-7-16)13-17-5-4-12-20(17)3/h4-5,8-12,15-16H,6-7,13-14H2,1-3H3. The number of rotatable bonds is 8. The van der Waals surface area contributed by atoms with Gasteiger partial charge in [0.2, 0.25) is 10.0 Å². The summed E-state index contributed by atoms with van der Waals surface area (Å²) in [6.45, 7) is 5.18. The number of aryl methyl sites for hydroxylation is 1. The lowest BCUT2D eigenvalue weighted by Gasteiger charge is -2.22. The van der Waals surface area contributed by atoms with E-state index >= 15 is 0 Å². The first-order valence-corrected chi connectivity index (χ1v) is 10.2. The molecule has 1 fully saturated rings. The molecule has 2 aromatic rings. The van der Waals surface area contributed by atoms with Crippen molar-refractivity contribution < 1.29 is 13.2 Å². The summed E-state index contributed by atoms with van der Waals surface area (Å²) < 4.78 is 35.5. The van der Waals surface area contributed by atoms with Crippen LogP contribution in [-0.2, 0) is 23.6 Å². The van der Waals surface area contributed by atoms with Crippen molar-refractivity contribution >= 4 is 10.0 Å². The monoisotopic (exact) mass is 362 g/mol. The Balaban J connectivity index is 1.79. The zero-order valence-corrected chi connectivity index (χ0v) is 15.9. The lowest BCUT2D eigenvalue weighted by Crippen LogP contribution is -2.33. The number of sulfonamides is 1. The molecule has 1 aromatic carbocycles. The second kappa shape index (κ2) is 7.22. The highest BCUT2D eigenvalue weighted by Gasteiger charge is 2.38. The highest BCUT2D eigenvalue weighted by molar-refractivity contribution is 7.89. The van der Waals surface area contributed by atoms with Gasteiger partial charge in [0, 0.05) is 25.0 Å². The van der Waals surface area contributed by atoms with Crippen molar-refractivity contribution in [3.8, 4) is 5.75 Å². The van der Waals surface area contributed by atoms with Crippen molar-refractivity contribution in [3.05, 3.63) is 48.3 Å². The van der Waals surface area contributed by atoms with Crippen molar-refractivity contribution in [1.82, 2.24) is 8.87 Å². The first-order chi connectivity index (χ1) is 11.9. The number of hydrogen-bond acceptors (Lipinski definition) is 3. The van der Waals surface area contributed by atoms with Crippen LogP contribution < -0.4 is 4.74 Å². The minimum Gasteiger partial charge on any atom is -0.493 e. The SMILES string of the molecule is CC(C)COc1ccc(S(=O)(=O)N(Cc2cccn2C)C2CC2)cc1. The zero-order chi connectivity index (χ0) is 18.0. The van der Waals surface area contributed by atoms with Gasteiger partial charge in [-0.3, -0.25) is 0 Å². The molecular formula is C19H26N2O3S. The van der Waals surface area contributed by atoms with Crippen LogP contribution in [0.25, 0.3) is 0 Å². The Morgan fingerprint density at radius 2 is 1.88 bits per heavy atom. The normalized spacial score (nSPS) is 15.1. The maximum atomic E-state index is 13.1. The predicted octanol–water partition coefficient (Wildman–Crippen LogP) is 3.41. The van der Waals surface area contributed by atoms with Crippen LogP contribution >= 0.6 is 0 Å². The van der Waals surface area contributed by atoms with E-state index in [0.29, 0.717) is 29.7 Å². The Morgan fingerprint density at radius 3 is 2.40 bits per heavy atom. The van der Waals surface area contributed by atoms with E-state index in [4.69, 9.17) is 4.74 Å². The molecule has 1 saturated carbocycles. The van der Waals surface area contributed by atoms with Gasteiger partial charge in [-0.2, -0.15) is 4.31 Å². The minimum absolute atomic E-state index is 0.108. The third-order valence-corrected chi connectivity index (χ3v) is 6.25. The predicted molar refractivity (Wildman–Crippen MR) is 97.9 cm³/mol. The van der Waals surface area contributed by atoms with E-state index in [1.54, 1.807) is 28.6 Å². The Bertz CT molecular complexity index is 805. The first-order valence-electron chi connectivity index (χ1n) is 8.73. The summed E-state index contributed by atoms with van der Waals surface area (Å²) in [5, 5.41) is 0. The fourth-order valence-electron chi connectivity index (χ4n) is 2.70. The summed E-state index contributed by atoms with van der Waals surface area (Å²) in [6, 6.07) is 10.8. The number of nitrogens with zero attached hydrogens (tertiary/aromatic N) is 2. The van der Waals surface area contributed by atoms with E-state index in [-0.39, 0.29) is 6.04 Å². The van der Waals surface area contributed by atoms with E-state index < -0.39 is 10.0 Å². The Morgan fingerprint density at radius 1 is 1.20 bits per heavy atom. The molecule has 0 amide bonds. The van der Waals surface area contributed by atoms with Gasteiger partial charge in [0.05, 0.1) is 18.0 Å². The molecule has 1 aliphatic rings. The summed E-state index contributed by atoms with van der Waals surface area (Å²) in [4.78, 5) is 0.325. The molecule has 5 nitrogen and oxygen atoms in total. The third-order valence-electron chi connectivity index (χ3n) is 4.34. The molecule has 0 saturated heterocycles. The topological polar surface area (TPSA) is 51.5 Å². The first kappa shape index (κ1) is 18.0. The van der Waals surface area contributed by atoms with Crippen molar-refractivity contribution in [2.45, 2.75) is 44.2 Å². The maximum Gasteiger partial charge on any atom is 0.243 e. The van der Waals surface area contributed by atoms with Crippen LogP contribution in [0.3, 0.4) is 0 Å². The minimum atomic E-state index is -3.51. The third kappa shape index (κ3) is 4.25. The van der Waals surface area contributed by atoms with Crippen LogP contribution in [0, 0.1) is 5.92 Å². The average Bonchev–Trinajstić information content (AvgIpc) is 3.33. The smallest absolute Gasteiger partial charge is 0.243 e. The Kier molecular flexibility index (Phi) is 5.20. The molecule has 1 aromatic heterocycles. The van der Waals surface area contributed by atoms with E-state index in [0.717, 1.165) is 18.5 Å². The Hall–Kier alpha value is -1.79. The second-order valence-corrected chi connectivity index (χ2v) is 8.96. The van der Waals surface area contributed by atoms with E-state index in [1.165, 1.54) is 0 Å². The maximum absolute atomic E-state index is 13.1. The molecule has 0 aliphatic heterocycles. The van der Waals surface area contributed by atoms with Gasteiger partial charge in [-0.15, -0.1) is 0 Å². The average molecular weight is 362 g/mol. The molecule has 0 unspecified atom stereocenters. The summed E-state index contributed by atoms with van der Waals surface area (Å²) in [5.74, 6) is 1.13. The fraction of sp³-hybridized carbons (Fsp3) is 0.474. The molecule has 0 atom stereocenters. The molecule has 136 valence electrons. The second-order valence-electron chi connectivity index (χ2n) is 7.07. The summed E-state index contributed by atoms with van der Waals surface area (Å²) in [5.41, 5.74) is 0.993. The molecule has 3 rings (SSSR count). The largest absolute Gasteiger partial charge is 0.493 e.